The van der Waals surface area contributed by atoms with E-state index in [0.717, 1.165) is 22.0 Å². The van der Waals surface area contributed by atoms with Crippen LogP contribution in [-0.4, -0.2) is 33.2 Å². The van der Waals surface area contributed by atoms with Crippen LogP contribution < -0.4 is 4.74 Å². The van der Waals surface area contributed by atoms with Crippen molar-refractivity contribution in [2.24, 2.45) is 5.92 Å². The maximum absolute atomic E-state index is 15.2. The second-order valence-corrected chi connectivity index (χ2v) is 10.3. The zero-order valence-electron chi connectivity index (χ0n) is 21.1. The highest BCUT2D eigenvalue weighted by molar-refractivity contribution is 6.32. The third kappa shape index (κ3) is 6.20. The number of carboxylic acid groups (broad SMARTS) is 1. The minimum absolute atomic E-state index is 0.00666. The van der Waals surface area contributed by atoms with Crippen LogP contribution in [0.5, 0.6) is 5.75 Å². The van der Waals surface area contributed by atoms with Gasteiger partial charge < -0.3 is 9.84 Å². The van der Waals surface area contributed by atoms with E-state index >= 15 is 4.39 Å². The summed E-state index contributed by atoms with van der Waals surface area (Å²) >= 11 is 6.47. The number of pyridine rings is 1. The molecule has 1 N–H and O–H groups in total. The smallest absolute Gasteiger partial charge is 0.408 e. The standard InChI is InChI=1S/C30H30ClFN2O3/c1-20(17-30(2,3)34(29(35)36)18-21-9-5-4-6-10-21)19-37-28-25(31)15-22(16-26(28)32)23-13-14-33-27-12-8-7-11-24(23)27/h4-16,20H,17-19H2,1-3H3,(H,35,36)/t20-/m0/s1. The highest BCUT2D eigenvalue weighted by Gasteiger charge is 2.32. The van der Waals surface area contributed by atoms with E-state index in [1.807, 2.05) is 81.4 Å². The Kier molecular flexibility index (Phi) is 7.98. The summed E-state index contributed by atoms with van der Waals surface area (Å²) in [6.45, 7) is 6.20. The monoisotopic (exact) mass is 520 g/mol. The van der Waals surface area contributed by atoms with Crippen LogP contribution in [0.15, 0.2) is 79.0 Å². The molecule has 0 spiro atoms. The number of rotatable bonds is 9. The molecule has 0 fully saturated rings. The summed E-state index contributed by atoms with van der Waals surface area (Å²) in [4.78, 5) is 17.8. The maximum Gasteiger partial charge on any atom is 0.408 e. The van der Waals surface area contributed by atoms with Crippen molar-refractivity contribution in [1.82, 2.24) is 9.88 Å². The van der Waals surface area contributed by atoms with E-state index in [1.54, 1.807) is 12.3 Å². The molecule has 4 aromatic rings. The van der Waals surface area contributed by atoms with Crippen molar-refractivity contribution >= 4 is 28.6 Å². The van der Waals surface area contributed by atoms with Gasteiger partial charge in [-0.1, -0.05) is 67.1 Å². The maximum atomic E-state index is 15.2. The Balaban J connectivity index is 1.46. The second kappa shape index (κ2) is 11.2. The molecule has 5 nitrogen and oxygen atoms in total. The molecule has 1 amide bonds. The number of fused-ring (bicyclic) bond motifs is 1. The topological polar surface area (TPSA) is 62.7 Å². The number of ether oxygens (including phenoxy) is 1. The third-order valence-electron chi connectivity index (χ3n) is 6.46. The van der Waals surface area contributed by atoms with Crippen LogP contribution in [0.4, 0.5) is 9.18 Å². The van der Waals surface area contributed by atoms with Gasteiger partial charge in [-0.25, -0.2) is 9.18 Å². The van der Waals surface area contributed by atoms with Gasteiger partial charge in [-0.05, 0) is 67.1 Å². The van der Waals surface area contributed by atoms with Gasteiger partial charge in [0.25, 0.3) is 0 Å². The molecule has 192 valence electrons. The number of para-hydroxylation sites is 1. The fourth-order valence-corrected chi connectivity index (χ4v) is 5.02. The fourth-order valence-electron chi connectivity index (χ4n) is 4.75. The zero-order valence-corrected chi connectivity index (χ0v) is 21.9. The van der Waals surface area contributed by atoms with Crippen molar-refractivity contribution < 1.29 is 19.0 Å². The van der Waals surface area contributed by atoms with Crippen LogP contribution in [0.3, 0.4) is 0 Å². The summed E-state index contributed by atoms with van der Waals surface area (Å²) in [5, 5.41) is 11.0. The normalized spacial score (nSPS) is 12.4. The van der Waals surface area contributed by atoms with Crippen molar-refractivity contribution in [1.29, 1.82) is 0 Å². The average Bonchev–Trinajstić information content (AvgIpc) is 2.86. The lowest BCUT2D eigenvalue weighted by Crippen LogP contribution is -2.48. The highest BCUT2D eigenvalue weighted by Crippen LogP contribution is 2.36. The van der Waals surface area contributed by atoms with E-state index in [2.05, 4.69) is 4.98 Å². The number of amides is 1. The van der Waals surface area contributed by atoms with Gasteiger partial charge in [-0.3, -0.25) is 9.88 Å². The van der Waals surface area contributed by atoms with Crippen LogP contribution in [0.2, 0.25) is 5.02 Å². The van der Waals surface area contributed by atoms with E-state index in [9.17, 15) is 9.90 Å². The van der Waals surface area contributed by atoms with Crippen LogP contribution in [0.1, 0.15) is 32.8 Å². The molecule has 0 saturated heterocycles. The average molecular weight is 521 g/mol. The molecule has 0 unspecified atom stereocenters. The van der Waals surface area contributed by atoms with Crippen molar-refractivity contribution in [3.8, 4) is 16.9 Å². The molecular formula is C30H30ClFN2O3. The molecule has 1 heterocycles. The molecule has 0 radical (unpaired) electrons. The Morgan fingerprint density at radius 2 is 1.81 bits per heavy atom. The molecule has 0 bridgehead atoms. The zero-order chi connectivity index (χ0) is 26.6. The lowest BCUT2D eigenvalue weighted by Gasteiger charge is -2.38. The predicted molar refractivity (Wildman–Crippen MR) is 146 cm³/mol. The van der Waals surface area contributed by atoms with Crippen LogP contribution in [0.25, 0.3) is 22.0 Å². The molecule has 0 aliphatic rings. The molecule has 0 saturated carbocycles. The first-order chi connectivity index (χ1) is 17.7. The molecule has 1 atom stereocenters. The van der Waals surface area contributed by atoms with Gasteiger partial charge >= 0.3 is 6.09 Å². The number of hydrogen-bond acceptors (Lipinski definition) is 3. The van der Waals surface area contributed by atoms with Crippen LogP contribution >= 0.6 is 11.6 Å². The SMILES string of the molecule is C[C@H](COc1c(F)cc(-c2ccnc3ccccc23)cc1Cl)CC(C)(C)N(Cc1ccccc1)C(=O)O. The van der Waals surface area contributed by atoms with E-state index in [1.165, 1.54) is 11.0 Å². The summed E-state index contributed by atoms with van der Waals surface area (Å²) < 4.78 is 21.0. The Labute approximate surface area is 221 Å². The lowest BCUT2D eigenvalue weighted by atomic mass is 9.90. The first-order valence-electron chi connectivity index (χ1n) is 12.2. The molecule has 4 rings (SSSR count). The minimum atomic E-state index is -0.990. The van der Waals surface area contributed by atoms with Crippen LogP contribution in [-0.2, 0) is 6.54 Å². The second-order valence-electron chi connectivity index (χ2n) is 9.93. The predicted octanol–water partition coefficient (Wildman–Crippen LogP) is 8.06. The molecule has 3 aromatic carbocycles. The fraction of sp³-hybridized carbons (Fsp3) is 0.267. The molecule has 0 aliphatic heterocycles. The molecular weight excluding hydrogens is 491 g/mol. The lowest BCUT2D eigenvalue weighted by molar-refractivity contribution is 0.0685. The summed E-state index contributed by atoms with van der Waals surface area (Å²) in [5.74, 6) is -0.620. The Morgan fingerprint density at radius 3 is 2.51 bits per heavy atom. The minimum Gasteiger partial charge on any atom is -0.489 e. The highest BCUT2D eigenvalue weighted by atomic mass is 35.5. The molecule has 1 aromatic heterocycles. The first kappa shape index (κ1) is 26.4. The first-order valence-corrected chi connectivity index (χ1v) is 12.5. The Bertz CT molecular complexity index is 1370. The number of carbonyl (C=O) groups is 1. The Morgan fingerprint density at radius 1 is 1.11 bits per heavy atom. The van der Waals surface area contributed by atoms with Crippen molar-refractivity contribution in [3.05, 3.63) is 95.4 Å². The van der Waals surface area contributed by atoms with Gasteiger partial charge in [-0.2, -0.15) is 0 Å². The summed E-state index contributed by atoms with van der Waals surface area (Å²) in [5.41, 5.74) is 2.54. The van der Waals surface area contributed by atoms with Crippen molar-refractivity contribution in [2.45, 2.75) is 39.3 Å². The summed E-state index contributed by atoms with van der Waals surface area (Å²) in [7, 11) is 0. The number of benzene rings is 3. The van der Waals surface area contributed by atoms with Gasteiger partial charge in [0, 0.05) is 23.7 Å². The molecule has 0 aliphatic carbocycles. The number of aromatic nitrogens is 1. The summed E-state index contributed by atoms with van der Waals surface area (Å²) in [6, 6.07) is 22.1. The number of nitrogens with zero attached hydrogens (tertiary/aromatic N) is 2. The van der Waals surface area contributed by atoms with E-state index in [4.69, 9.17) is 16.3 Å². The van der Waals surface area contributed by atoms with Crippen LogP contribution in [0, 0.1) is 11.7 Å². The van der Waals surface area contributed by atoms with Gasteiger partial charge in [0.1, 0.15) is 0 Å². The summed E-state index contributed by atoms with van der Waals surface area (Å²) in [6.07, 6.45) is 1.22. The van der Waals surface area contributed by atoms with E-state index in [0.29, 0.717) is 12.0 Å². The molecule has 37 heavy (non-hydrogen) atoms. The Hall–Kier alpha value is -3.64. The quantitative estimate of drug-likeness (QED) is 0.242. The molecule has 7 heteroatoms. The van der Waals surface area contributed by atoms with Gasteiger partial charge in [0.15, 0.2) is 11.6 Å². The van der Waals surface area contributed by atoms with Gasteiger partial charge in [-0.15, -0.1) is 0 Å². The number of hydrogen-bond donors (Lipinski definition) is 1. The number of halogens is 2. The van der Waals surface area contributed by atoms with Crippen molar-refractivity contribution in [2.75, 3.05) is 6.61 Å². The largest absolute Gasteiger partial charge is 0.489 e. The van der Waals surface area contributed by atoms with E-state index in [-0.39, 0.29) is 29.8 Å². The van der Waals surface area contributed by atoms with Gasteiger partial charge in [0.05, 0.1) is 17.1 Å². The third-order valence-corrected chi connectivity index (χ3v) is 6.74. The van der Waals surface area contributed by atoms with Gasteiger partial charge in [0.2, 0.25) is 0 Å². The van der Waals surface area contributed by atoms with E-state index < -0.39 is 17.4 Å². The van der Waals surface area contributed by atoms with Crippen molar-refractivity contribution in [3.63, 3.8) is 0 Å².